The lowest BCUT2D eigenvalue weighted by atomic mass is 10.1. The molecule has 2 aromatic heterocycles. The van der Waals surface area contributed by atoms with Crippen LogP contribution in [0.4, 0.5) is 5.82 Å². The fourth-order valence-electron chi connectivity index (χ4n) is 3.11. The van der Waals surface area contributed by atoms with Gasteiger partial charge in [-0.2, -0.15) is 0 Å². The molecule has 0 radical (unpaired) electrons. The van der Waals surface area contributed by atoms with Gasteiger partial charge in [-0.3, -0.25) is 9.59 Å². The van der Waals surface area contributed by atoms with E-state index < -0.39 is 5.91 Å². The minimum absolute atomic E-state index is 0.223. The normalized spacial score (nSPS) is 14.6. The first-order valence-corrected chi connectivity index (χ1v) is 9.80. The largest absolute Gasteiger partial charge is 0.492 e. The van der Waals surface area contributed by atoms with Gasteiger partial charge in [0.1, 0.15) is 11.6 Å². The summed E-state index contributed by atoms with van der Waals surface area (Å²) < 4.78 is 5.78. The lowest BCUT2D eigenvalue weighted by Crippen LogP contribution is -2.20. The van der Waals surface area contributed by atoms with Gasteiger partial charge in [0.15, 0.2) is 0 Å². The van der Waals surface area contributed by atoms with Crippen LogP contribution in [0.1, 0.15) is 41.7 Å². The fraction of sp³-hybridized carbons (Fsp3) is 0.286. The molecular weight excluding hydrogens is 392 g/mol. The zero-order valence-corrected chi connectivity index (χ0v) is 16.6. The molecule has 4 N–H and O–H groups in total. The number of amides is 1. The Kier molecular flexibility index (Phi) is 5.15. The molecule has 0 saturated heterocycles. The number of rotatable bonds is 7. The van der Waals surface area contributed by atoms with Gasteiger partial charge >= 0.3 is 0 Å². The first-order valence-electron chi connectivity index (χ1n) is 9.42. The predicted molar refractivity (Wildman–Crippen MR) is 113 cm³/mol. The lowest BCUT2D eigenvalue weighted by molar-refractivity contribution is 0.1000. The number of pyridine rings is 2. The van der Waals surface area contributed by atoms with Crippen LogP contribution in [0.15, 0.2) is 41.3 Å². The summed E-state index contributed by atoms with van der Waals surface area (Å²) >= 11 is 6.37. The van der Waals surface area contributed by atoms with E-state index in [1.165, 1.54) is 25.1 Å². The van der Waals surface area contributed by atoms with Crippen molar-refractivity contribution in [3.63, 3.8) is 0 Å². The summed E-state index contributed by atoms with van der Waals surface area (Å²) in [7, 11) is 0. The van der Waals surface area contributed by atoms with Gasteiger partial charge in [-0.25, -0.2) is 4.98 Å². The van der Waals surface area contributed by atoms with E-state index in [4.69, 9.17) is 22.1 Å². The van der Waals surface area contributed by atoms with Crippen LogP contribution in [0, 0.1) is 5.92 Å². The molecule has 1 aliphatic rings. The summed E-state index contributed by atoms with van der Waals surface area (Å²) in [6.45, 7) is 2.48. The quantitative estimate of drug-likeness (QED) is 0.548. The van der Waals surface area contributed by atoms with Crippen LogP contribution in [0.5, 0.6) is 5.75 Å². The Morgan fingerprint density at radius 3 is 2.90 bits per heavy atom. The summed E-state index contributed by atoms with van der Waals surface area (Å²) in [5, 5.41) is 4.44. The number of nitrogens with zero attached hydrogens (tertiary/aromatic N) is 1. The Hall–Kier alpha value is -3.06. The highest BCUT2D eigenvalue weighted by molar-refractivity contribution is 6.32. The third-order valence-corrected chi connectivity index (χ3v) is 5.27. The molecule has 1 aliphatic carbocycles. The Balaban J connectivity index is 1.60. The average Bonchev–Trinajstić information content (AvgIpc) is 3.51. The van der Waals surface area contributed by atoms with Crippen LogP contribution in [-0.4, -0.2) is 22.5 Å². The first kappa shape index (κ1) is 19.3. The van der Waals surface area contributed by atoms with E-state index in [-0.39, 0.29) is 11.6 Å². The monoisotopic (exact) mass is 412 g/mol. The van der Waals surface area contributed by atoms with Gasteiger partial charge in [0.05, 0.1) is 23.2 Å². The van der Waals surface area contributed by atoms with Crippen LogP contribution in [0.25, 0.3) is 10.9 Å². The van der Waals surface area contributed by atoms with Crippen molar-refractivity contribution >= 4 is 34.2 Å². The highest BCUT2D eigenvalue weighted by atomic mass is 35.5. The van der Waals surface area contributed by atoms with Crippen molar-refractivity contribution in [2.45, 2.75) is 25.8 Å². The van der Waals surface area contributed by atoms with Gasteiger partial charge in [-0.05, 0) is 49.9 Å². The highest BCUT2D eigenvalue weighted by Gasteiger charge is 2.22. The number of carbonyl (C=O) groups is 1. The second-order valence-corrected chi connectivity index (χ2v) is 7.75. The van der Waals surface area contributed by atoms with E-state index in [0.717, 1.165) is 5.39 Å². The van der Waals surface area contributed by atoms with Crippen molar-refractivity contribution in [3.05, 3.63) is 63.0 Å². The van der Waals surface area contributed by atoms with E-state index in [0.29, 0.717) is 45.8 Å². The molecule has 1 aromatic carbocycles. The van der Waals surface area contributed by atoms with Crippen molar-refractivity contribution in [1.82, 2.24) is 9.97 Å². The van der Waals surface area contributed by atoms with Crippen LogP contribution in [0.2, 0.25) is 5.02 Å². The van der Waals surface area contributed by atoms with Gasteiger partial charge in [0.2, 0.25) is 5.91 Å². The zero-order chi connectivity index (χ0) is 20.5. The number of aromatic nitrogens is 2. The number of nitrogens with one attached hydrogen (secondary N) is 2. The molecule has 0 bridgehead atoms. The number of carbonyl (C=O) groups excluding carboxylic acids is 1. The van der Waals surface area contributed by atoms with Crippen LogP contribution in [-0.2, 0) is 0 Å². The van der Waals surface area contributed by atoms with Crippen molar-refractivity contribution in [3.8, 4) is 5.75 Å². The number of benzene rings is 1. The van der Waals surface area contributed by atoms with Crippen LogP contribution >= 0.6 is 11.6 Å². The maximum absolute atomic E-state index is 12.6. The van der Waals surface area contributed by atoms with E-state index in [1.54, 1.807) is 24.3 Å². The number of hydrogen-bond donors (Lipinski definition) is 3. The minimum atomic E-state index is -0.541. The summed E-state index contributed by atoms with van der Waals surface area (Å²) in [5.74, 6) is 1.10. The lowest BCUT2D eigenvalue weighted by Gasteiger charge is -2.16. The van der Waals surface area contributed by atoms with Gasteiger partial charge in [-0.15, -0.1) is 0 Å². The minimum Gasteiger partial charge on any atom is -0.492 e. The molecule has 1 saturated carbocycles. The summed E-state index contributed by atoms with van der Waals surface area (Å²) in [6.07, 6.45) is 3.86. The van der Waals surface area contributed by atoms with Gasteiger partial charge in [0, 0.05) is 28.8 Å². The molecule has 150 valence electrons. The highest BCUT2D eigenvalue weighted by Crippen LogP contribution is 2.33. The number of H-pyrrole nitrogens is 1. The number of ether oxygens (including phenoxy) is 1. The van der Waals surface area contributed by atoms with Gasteiger partial charge < -0.3 is 20.8 Å². The van der Waals surface area contributed by atoms with E-state index >= 15 is 0 Å². The zero-order valence-electron chi connectivity index (χ0n) is 15.9. The molecule has 1 fully saturated rings. The maximum atomic E-state index is 12.6. The van der Waals surface area contributed by atoms with Crippen LogP contribution < -0.4 is 21.3 Å². The number of halogens is 1. The Labute approximate surface area is 172 Å². The molecule has 1 unspecified atom stereocenters. The van der Waals surface area contributed by atoms with Gasteiger partial charge in [-0.1, -0.05) is 11.6 Å². The summed E-state index contributed by atoms with van der Waals surface area (Å²) in [5.41, 5.74) is 6.61. The molecule has 1 atom stereocenters. The van der Waals surface area contributed by atoms with E-state index in [2.05, 4.69) is 15.3 Å². The molecule has 2 heterocycles. The molecule has 29 heavy (non-hydrogen) atoms. The van der Waals surface area contributed by atoms with E-state index in [1.807, 2.05) is 6.92 Å². The molecule has 7 nitrogen and oxygen atoms in total. The van der Waals surface area contributed by atoms with Crippen LogP contribution in [0.3, 0.4) is 0 Å². The Morgan fingerprint density at radius 1 is 1.38 bits per heavy atom. The Bertz CT molecular complexity index is 1140. The van der Waals surface area contributed by atoms with Crippen molar-refractivity contribution in [2.24, 2.45) is 11.7 Å². The van der Waals surface area contributed by atoms with Crippen molar-refractivity contribution in [1.29, 1.82) is 0 Å². The molecule has 0 spiro atoms. The number of hydrogen-bond acceptors (Lipinski definition) is 5. The average molecular weight is 413 g/mol. The Morgan fingerprint density at radius 2 is 2.17 bits per heavy atom. The molecule has 4 rings (SSSR count). The molecule has 1 amide bonds. The molecule has 0 aliphatic heterocycles. The predicted octanol–water partition coefficient (Wildman–Crippen LogP) is 3.64. The third kappa shape index (κ3) is 4.35. The van der Waals surface area contributed by atoms with Crippen molar-refractivity contribution < 1.29 is 9.53 Å². The topological polar surface area (TPSA) is 110 Å². The number of fused-ring (bicyclic) bond motifs is 1. The van der Waals surface area contributed by atoms with Crippen molar-refractivity contribution in [2.75, 3.05) is 11.9 Å². The number of nitrogens with two attached hydrogens (primary N) is 1. The molecular formula is C21H21ClN4O3. The number of aromatic amines is 1. The number of anilines is 1. The first-order chi connectivity index (χ1) is 13.9. The van der Waals surface area contributed by atoms with Gasteiger partial charge in [0.25, 0.3) is 5.56 Å². The number of primary amides is 1. The second kappa shape index (κ2) is 7.75. The third-order valence-electron chi connectivity index (χ3n) is 4.97. The second-order valence-electron chi connectivity index (χ2n) is 7.34. The summed E-state index contributed by atoms with van der Waals surface area (Å²) in [6, 6.07) is 8.07. The maximum Gasteiger partial charge on any atom is 0.253 e. The fourth-order valence-corrected chi connectivity index (χ4v) is 3.34. The van der Waals surface area contributed by atoms with E-state index in [9.17, 15) is 9.59 Å². The molecule has 8 heteroatoms. The summed E-state index contributed by atoms with van der Waals surface area (Å²) in [4.78, 5) is 31.1. The molecule has 3 aromatic rings. The standard InChI is InChI=1S/C21H21ClN4O3/c1-11(25-19-8-13(20(23)27)4-5-24-19)15-6-14-7-16(22)18(29-10-12-2-3-12)9-17(14)26-21(15)28/h4-9,11-12H,2-3,10H2,1H3,(H2,23,27)(H,24,25)(H,26,28). The SMILES string of the molecule is CC(Nc1cc(C(N)=O)ccn1)c1cc2cc(Cl)c(OCC3CC3)cc2[nH]c1=O. The smallest absolute Gasteiger partial charge is 0.253 e.